The molecular weight excluding hydrogens is 290 g/mol. The number of hydrogen-bond acceptors (Lipinski definition) is 3. The van der Waals surface area contributed by atoms with Crippen molar-refractivity contribution in [3.05, 3.63) is 73.1 Å². The Bertz CT molecular complexity index is 954. The minimum absolute atomic E-state index is 0.168. The third-order valence-electron chi connectivity index (χ3n) is 3.59. The highest BCUT2D eigenvalue weighted by Crippen LogP contribution is 2.16. The Morgan fingerprint density at radius 2 is 2.13 bits per heavy atom. The number of aromatic amines is 1. The maximum atomic E-state index is 12.3. The first-order chi connectivity index (χ1) is 11.3. The van der Waals surface area contributed by atoms with E-state index in [4.69, 9.17) is 0 Å². The Hall–Kier alpha value is -3.41. The lowest BCUT2D eigenvalue weighted by Gasteiger charge is -2.06. The van der Waals surface area contributed by atoms with Gasteiger partial charge in [0.2, 0.25) is 0 Å². The predicted molar refractivity (Wildman–Crippen MR) is 87.6 cm³/mol. The second-order valence-corrected chi connectivity index (χ2v) is 5.11. The molecule has 0 aliphatic carbocycles. The van der Waals surface area contributed by atoms with Gasteiger partial charge in [-0.3, -0.25) is 9.36 Å². The molecule has 0 atom stereocenters. The van der Waals surface area contributed by atoms with E-state index in [1.807, 2.05) is 42.7 Å². The molecule has 0 radical (unpaired) electrons. The van der Waals surface area contributed by atoms with Crippen molar-refractivity contribution in [1.82, 2.24) is 19.5 Å². The Kier molecular flexibility index (Phi) is 3.12. The minimum atomic E-state index is -0.168. The summed E-state index contributed by atoms with van der Waals surface area (Å²) in [4.78, 5) is 23.7. The molecule has 1 aromatic carbocycles. The van der Waals surface area contributed by atoms with Gasteiger partial charge in [-0.05, 0) is 35.7 Å². The molecule has 3 aromatic heterocycles. The van der Waals surface area contributed by atoms with Gasteiger partial charge in [-0.2, -0.15) is 0 Å². The number of amides is 1. The van der Waals surface area contributed by atoms with Crippen molar-refractivity contribution in [1.29, 1.82) is 0 Å². The summed E-state index contributed by atoms with van der Waals surface area (Å²) in [5.74, 6) is 0.576. The first-order valence-corrected chi connectivity index (χ1v) is 7.12. The molecule has 1 amide bonds. The van der Waals surface area contributed by atoms with Gasteiger partial charge < -0.3 is 10.3 Å². The average molecular weight is 303 g/mol. The number of pyridine rings is 1. The zero-order valence-electron chi connectivity index (χ0n) is 12.1. The summed E-state index contributed by atoms with van der Waals surface area (Å²) < 4.78 is 1.80. The number of rotatable bonds is 3. The topological polar surface area (TPSA) is 75.6 Å². The molecule has 0 aliphatic heterocycles. The number of aromatic nitrogens is 4. The second kappa shape index (κ2) is 5.42. The summed E-state index contributed by atoms with van der Waals surface area (Å²) in [6.45, 7) is 0. The van der Waals surface area contributed by atoms with Gasteiger partial charge in [0, 0.05) is 29.7 Å². The van der Waals surface area contributed by atoms with E-state index in [9.17, 15) is 4.79 Å². The fourth-order valence-corrected chi connectivity index (χ4v) is 2.40. The lowest BCUT2D eigenvalue weighted by atomic mass is 10.1. The van der Waals surface area contributed by atoms with E-state index in [1.54, 1.807) is 29.4 Å². The van der Waals surface area contributed by atoms with Crippen LogP contribution in [0.3, 0.4) is 0 Å². The quantitative estimate of drug-likeness (QED) is 0.611. The van der Waals surface area contributed by atoms with E-state index < -0.39 is 0 Å². The minimum Gasteiger partial charge on any atom is -0.361 e. The largest absolute Gasteiger partial charge is 0.361 e. The first kappa shape index (κ1) is 13.3. The normalized spacial score (nSPS) is 10.8. The van der Waals surface area contributed by atoms with Crippen LogP contribution in [-0.4, -0.2) is 25.4 Å². The van der Waals surface area contributed by atoms with Gasteiger partial charge in [-0.1, -0.05) is 6.07 Å². The Balaban J connectivity index is 1.53. The van der Waals surface area contributed by atoms with E-state index in [0.717, 1.165) is 16.7 Å². The van der Waals surface area contributed by atoms with Crippen molar-refractivity contribution in [2.24, 2.45) is 0 Å². The molecule has 0 spiro atoms. The van der Waals surface area contributed by atoms with Crippen molar-refractivity contribution < 1.29 is 4.79 Å². The van der Waals surface area contributed by atoms with Crippen LogP contribution in [0.5, 0.6) is 0 Å². The van der Waals surface area contributed by atoms with Crippen LogP contribution in [-0.2, 0) is 0 Å². The van der Waals surface area contributed by atoms with E-state index in [2.05, 4.69) is 20.3 Å². The molecule has 4 rings (SSSR count). The predicted octanol–water partition coefficient (Wildman–Crippen LogP) is 3.00. The van der Waals surface area contributed by atoms with Crippen molar-refractivity contribution in [3.8, 4) is 5.82 Å². The standard InChI is InChI=1S/C17H13N5O/c23-17(13-2-1-12-5-6-19-15(12)9-13)21-14-3-4-16(20-10-14)22-8-7-18-11-22/h1-11,19H,(H,21,23). The lowest BCUT2D eigenvalue weighted by molar-refractivity contribution is 0.102. The maximum Gasteiger partial charge on any atom is 0.255 e. The monoisotopic (exact) mass is 303 g/mol. The van der Waals surface area contributed by atoms with Crippen LogP contribution in [0.1, 0.15) is 10.4 Å². The van der Waals surface area contributed by atoms with Crippen LogP contribution < -0.4 is 5.32 Å². The van der Waals surface area contributed by atoms with Crippen LogP contribution in [0.2, 0.25) is 0 Å². The summed E-state index contributed by atoms with van der Waals surface area (Å²) >= 11 is 0. The molecular formula is C17H13N5O. The smallest absolute Gasteiger partial charge is 0.255 e. The third kappa shape index (κ3) is 2.57. The molecule has 0 fully saturated rings. The van der Waals surface area contributed by atoms with Crippen molar-refractivity contribution >= 4 is 22.5 Å². The van der Waals surface area contributed by atoms with Gasteiger partial charge in [0.15, 0.2) is 0 Å². The molecule has 0 saturated carbocycles. The highest BCUT2D eigenvalue weighted by molar-refractivity contribution is 6.06. The number of hydrogen-bond donors (Lipinski definition) is 2. The maximum absolute atomic E-state index is 12.3. The summed E-state index contributed by atoms with van der Waals surface area (Å²) in [6.07, 6.45) is 8.65. The number of carbonyl (C=O) groups excluding carboxylic acids is 1. The molecule has 4 aromatic rings. The van der Waals surface area contributed by atoms with Gasteiger partial charge in [0.25, 0.3) is 5.91 Å². The Morgan fingerprint density at radius 3 is 2.91 bits per heavy atom. The molecule has 0 saturated heterocycles. The van der Waals surface area contributed by atoms with Gasteiger partial charge in [-0.25, -0.2) is 9.97 Å². The van der Waals surface area contributed by atoms with Crippen molar-refractivity contribution in [2.45, 2.75) is 0 Å². The number of H-pyrrole nitrogens is 1. The molecule has 112 valence electrons. The highest BCUT2D eigenvalue weighted by Gasteiger charge is 2.08. The molecule has 6 heteroatoms. The number of benzene rings is 1. The fourth-order valence-electron chi connectivity index (χ4n) is 2.40. The SMILES string of the molecule is O=C(Nc1ccc(-n2ccnc2)nc1)c1ccc2cc[nH]c2c1. The average Bonchev–Trinajstić information content (AvgIpc) is 3.26. The van der Waals surface area contributed by atoms with Gasteiger partial charge in [0.1, 0.15) is 12.1 Å². The third-order valence-corrected chi connectivity index (χ3v) is 3.59. The number of carbonyl (C=O) groups is 1. The zero-order valence-corrected chi connectivity index (χ0v) is 12.1. The van der Waals surface area contributed by atoms with E-state index >= 15 is 0 Å². The first-order valence-electron chi connectivity index (χ1n) is 7.12. The molecule has 0 bridgehead atoms. The van der Waals surface area contributed by atoms with Crippen molar-refractivity contribution in [3.63, 3.8) is 0 Å². The Labute approximate surface area is 131 Å². The summed E-state index contributed by atoms with van der Waals surface area (Å²) in [5, 5.41) is 3.92. The molecule has 23 heavy (non-hydrogen) atoms. The van der Waals surface area contributed by atoms with Crippen LogP contribution in [0.25, 0.3) is 16.7 Å². The summed E-state index contributed by atoms with van der Waals surface area (Å²) in [6, 6.07) is 11.2. The second-order valence-electron chi connectivity index (χ2n) is 5.11. The molecule has 0 aliphatic rings. The number of fused-ring (bicyclic) bond motifs is 1. The molecule has 6 nitrogen and oxygen atoms in total. The van der Waals surface area contributed by atoms with E-state index in [0.29, 0.717) is 11.3 Å². The van der Waals surface area contributed by atoms with Gasteiger partial charge in [0.05, 0.1) is 11.9 Å². The highest BCUT2D eigenvalue weighted by atomic mass is 16.1. The van der Waals surface area contributed by atoms with Crippen LogP contribution in [0, 0.1) is 0 Å². The number of nitrogens with one attached hydrogen (secondary N) is 2. The molecule has 3 heterocycles. The van der Waals surface area contributed by atoms with Gasteiger partial charge >= 0.3 is 0 Å². The number of imidazole rings is 1. The number of nitrogens with zero attached hydrogens (tertiary/aromatic N) is 3. The lowest BCUT2D eigenvalue weighted by Crippen LogP contribution is -2.12. The fraction of sp³-hybridized carbons (Fsp3) is 0. The summed E-state index contributed by atoms with van der Waals surface area (Å²) in [5.41, 5.74) is 2.18. The Morgan fingerprint density at radius 1 is 1.17 bits per heavy atom. The summed E-state index contributed by atoms with van der Waals surface area (Å²) in [7, 11) is 0. The van der Waals surface area contributed by atoms with E-state index in [-0.39, 0.29) is 5.91 Å². The van der Waals surface area contributed by atoms with Crippen molar-refractivity contribution in [2.75, 3.05) is 5.32 Å². The van der Waals surface area contributed by atoms with Crippen LogP contribution in [0.4, 0.5) is 5.69 Å². The zero-order chi connectivity index (χ0) is 15.6. The molecule has 0 unspecified atom stereocenters. The van der Waals surface area contributed by atoms with Crippen LogP contribution in [0.15, 0.2) is 67.5 Å². The van der Waals surface area contributed by atoms with Crippen LogP contribution >= 0.6 is 0 Å². The molecule has 2 N–H and O–H groups in total. The van der Waals surface area contributed by atoms with Gasteiger partial charge in [-0.15, -0.1) is 0 Å². The number of anilines is 1. The van der Waals surface area contributed by atoms with E-state index in [1.165, 1.54) is 0 Å².